The highest BCUT2D eigenvalue weighted by Crippen LogP contribution is 2.35. The van der Waals surface area contributed by atoms with E-state index in [1.807, 2.05) is 0 Å². The molecule has 0 saturated heterocycles. The number of sulfonamides is 1. The lowest BCUT2D eigenvalue weighted by molar-refractivity contribution is 0.218. The third-order valence-electron chi connectivity index (χ3n) is 4.15. The second kappa shape index (κ2) is 5.37. The van der Waals surface area contributed by atoms with E-state index in [0.717, 1.165) is 25.7 Å². The Kier molecular flexibility index (Phi) is 4.12. The van der Waals surface area contributed by atoms with Crippen molar-refractivity contribution in [2.45, 2.75) is 57.4 Å². The molecule has 5 heteroatoms. The molecule has 0 spiro atoms. The molecule has 1 aliphatic rings. The first-order valence-corrected chi connectivity index (χ1v) is 8.56. The number of aryl methyl sites for hydroxylation is 1. The Balaban J connectivity index is 2.12. The van der Waals surface area contributed by atoms with E-state index in [-0.39, 0.29) is 6.04 Å². The normalized spacial score (nSPS) is 19.9. The van der Waals surface area contributed by atoms with Crippen LogP contribution in [-0.4, -0.2) is 14.5 Å². The van der Waals surface area contributed by atoms with Crippen molar-refractivity contribution in [2.24, 2.45) is 5.41 Å². The maximum Gasteiger partial charge on any atom is 0.241 e. The van der Waals surface area contributed by atoms with E-state index in [4.69, 9.17) is 5.73 Å². The van der Waals surface area contributed by atoms with E-state index >= 15 is 0 Å². The van der Waals surface area contributed by atoms with Gasteiger partial charge in [0.1, 0.15) is 0 Å². The molecule has 0 aliphatic heterocycles. The molecule has 0 aromatic heterocycles. The second-order valence-electron chi connectivity index (χ2n) is 6.58. The molecule has 1 aliphatic carbocycles. The minimum absolute atomic E-state index is 0.0463. The monoisotopic (exact) mass is 296 g/mol. The molecule has 1 aromatic rings. The fourth-order valence-electron chi connectivity index (χ4n) is 2.77. The van der Waals surface area contributed by atoms with Gasteiger partial charge >= 0.3 is 0 Å². The van der Waals surface area contributed by atoms with Crippen LogP contribution in [0.1, 0.15) is 45.1 Å². The summed E-state index contributed by atoms with van der Waals surface area (Å²) in [5.41, 5.74) is 7.27. The third-order valence-corrected chi connectivity index (χ3v) is 5.83. The smallest absolute Gasteiger partial charge is 0.241 e. The summed E-state index contributed by atoms with van der Waals surface area (Å²) in [4.78, 5) is 0.330. The lowest BCUT2D eigenvalue weighted by Crippen LogP contribution is -2.39. The first kappa shape index (κ1) is 15.3. The average molecular weight is 296 g/mol. The Morgan fingerprint density at radius 2 is 1.85 bits per heavy atom. The molecule has 0 atom stereocenters. The predicted molar refractivity (Wildman–Crippen MR) is 81.9 cm³/mol. The zero-order chi connectivity index (χ0) is 15.0. The Hall–Kier alpha value is -1.07. The van der Waals surface area contributed by atoms with Crippen LogP contribution in [0.4, 0.5) is 5.69 Å². The molecule has 20 heavy (non-hydrogen) atoms. The summed E-state index contributed by atoms with van der Waals surface area (Å²) in [6.07, 6.45) is 3.92. The number of hydrogen-bond acceptors (Lipinski definition) is 3. The maximum absolute atomic E-state index is 12.4. The Labute approximate surface area is 121 Å². The predicted octanol–water partition coefficient (Wildman–Crippen LogP) is 2.82. The molecule has 0 radical (unpaired) electrons. The van der Waals surface area contributed by atoms with Crippen LogP contribution < -0.4 is 10.5 Å². The largest absolute Gasteiger partial charge is 0.399 e. The quantitative estimate of drug-likeness (QED) is 0.842. The summed E-state index contributed by atoms with van der Waals surface area (Å²) in [7, 11) is -3.45. The summed E-state index contributed by atoms with van der Waals surface area (Å²) in [6, 6.07) is 4.95. The number of benzene rings is 1. The number of rotatable bonds is 3. The number of anilines is 1. The van der Waals surface area contributed by atoms with Gasteiger partial charge in [0.05, 0.1) is 4.90 Å². The van der Waals surface area contributed by atoms with Crippen molar-refractivity contribution in [1.82, 2.24) is 4.72 Å². The van der Waals surface area contributed by atoms with Crippen molar-refractivity contribution in [2.75, 3.05) is 5.73 Å². The van der Waals surface area contributed by atoms with Gasteiger partial charge in [0.25, 0.3) is 0 Å². The van der Waals surface area contributed by atoms with Crippen LogP contribution in [0.2, 0.25) is 0 Å². The first-order valence-electron chi connectivity index (χ1n) is 7.08. The van der Waals surface area contributed by atoms with Crippen molar-refractivity contribution in [3.8, 4) is 0 Å². The second-order valence-corrected chi connectivity index (χ2v) is 8.27. The highest BCUT2D eigenvalue weighted by Gasteiger charge is 2.30. The first-order chi connectivity index (χ1) is 9.20. The van der Waals surface area contributed by atoms with Crippen LogP contribution in [0.5, 0.6) is 0 Å². The summed E-state index contributed by atoms with van der Waals surface area (Å²) in [5, 5.41) is 0. The molecule has 0 bridgehead atoms. The maximum atomic E-state index is 12.4. The van der Waals surface area contributed by atoms with E-state index in [2.05, 4.69) is 18.6 Å². The van der Waals surface area contributed by atoms with E-state index in [9.17, 15) is 8.42 Å². The summed E-state index contributed by atoms with van der Waals surface area (Å²) < 4.78 is 27.7. The number of nitrogen functional groups attached to an aromatic ring is 1. The summed E-state index contributed by atoms with van der Waals surface area (Å²) >= 11 is 0. The standard InChI is InChI=1S/C15H24N2O2S/c1-11-10-12(16)4-5-14(11)20(18,19)17-13-6-8-15(2,3)9-7-13/h4-5,10,13,17H,6-9,16H2,1-3H3. The molecule has 0 unspecified atom stereocenters. The topological polar surface area (TPSA) is 72.2 Å². The minimum atomic E-state index is -3.45. The highest BCUT2D eigenvalue weighted by molar-refractivity contribution is 7.89. The van der Waals surface area contributed by atoms with Crippen LogP contribution in [0.3, 0.4) is 0 Å². The zero-order valence-electron chi connectivity index (χ0n) is 12.4. The van der Waals surface area contributed by atoms with Gasteiger partial charge in [-0.25, -0.2) is 13.1 Å². The van der Waals surface area contributed by atoms with E-state index in [0.29, 0.717) is 21.6 Å². The van der Waals surface area contributed by atoms with Crippen LogP contribution in [0, 0.1) is 12.3 Å². The lowest BCUT2D eigenvalue weighted by Gasteiger charge is -2.34. The third kappa shape index (κ3) is 3.52. The fraction of sp³-hybridized carbons (Fsp3) is 0.600. The molecule has 0 amide bonds. The minimum Gasteiger partial charge on any atom is -0.399 e. The molecule has 2 rings (SSSR count). The summed E-state index contributed by atoms with van der Waals surface area (Å²) in [5.74, 6) is 0. The van der Waals surface area contributed by atoms with Crippen molar-refractivity contribution in [1.29, 1.82) is 0 Å². The molecule has 3 N–H and O–H groups in total. The molecule has 0 heterocycles. The van der Waals surface area contributed by atoms with Gasteiger partial charge in [-0.3, -0.25) is 0 Å². The average Bonchev–Trinajstić information content (AvgIpc) is 2.31. The van der Waals surface area contributed by atoms with Crippen LogP contribution >= 0.6 is 0 Å². The van der Waals surface area contributed by atoms with E-state index in [1.54, 1.807) is 25.1 Å². The molecular formula is C15H24N2O2S. The van der Waals surface area contributed by atoms with Crippen molar-refractivity contribution >= 4 is 15.7 Å². The van der Waals surface area contributed by atoms with Gasteiger partial charge in [-0.1, -0.05) is 13.8 Å². The molecular weight excluding hydrogens is 272 g/mol. The summed E-state index contributed by atoms with van der Waals surface area (Å²) in [6.45, 7) is 6.25. The number of nitrogens with two attached hydrogens (primary N) is 1. The Bertz CT molecular complexity index is 584. The van der Waals surface area contributed by atoms with Crippen molar-refractivity contribution in [3.05, 3.63) is 23.8 Å². The van der Waals surface area contributed by atoms with Gasteiger partial charge in [-0.15, -0.1) is 0 Å². The Morgan fingerprint density at radius 3 is 2.40 bits per heavy atom. The lowest BCUT2D eigenvalue weighted by atomic mass is 9.76. The van der Waals surface area contributed by atoms with Gasteiger partial charge in [-0.2, -0.15) is 0 Å². The zero-order valence-corrected chi connectivity index (χ0v) is 13.3. The van der Waals surface area contributed by atoms with Crippen LogP contribution in [0.15, 0.2) is 23.1 Å². The van der Waals surface area contributed by atoms with Gasteiger partial charge in [-0.05, 0) is 61.8 Å². The van der Waals surface area contributed by atoms with Gasteiger partial charge in [0.15, 0.2) is 0 Å². The number of nitrogens with one attached hydrogen (secondary N) is 1. The fourth-order valence-corrected chi connectivity index (χ4v) is 4.31. The highest BCUT2D eigenvalue weighted by atomic mass is 32.2. The number of hydrogen-bond donors (Lipinski definition) is 2. The molecule has 1 aromatic carbocycles. The SMILES string of the molecule is Cc1cc(N)ccc1S(=O)(=O)NC1CCC(C)(C)CC1. The van der Waals surface area contributed by atoms with Crippen LogP contribution in [-0.2, 0) is 10.0 Å². The molecule has 1 saturated carbocycles. The molecule has 112 valence electrons. The molecule has 4 nitrogen and oxygen atoms in total. The van der Waals surface area contributed by atoms with Crippen LogP contribution in [0.25, 0.3) is 0 Å². The van der Waals surface area contributed by atoms with Gasteiger partial charge in [0, 0.05) is 11.7 Å². The van der Waals surface area contributed by atoms with Crippen molar-refractivity contribution < 1.29 is 8.42 Å². The van der Waals surface area contributed by atoms with E-state index < -0.39 is 10.0 Å². The van der Waals surface area contributed by atoms with Crippen molar-refractivity contribution in [3.63, 3.8) is 0 Å². The Morgan fingerprint density at radius 1 is 1.25 bits per heavy atom. The van der Waals surface area contributed by atoms with E-state index in [1.165, 1.54) is 0 Å². The molecule has 1 fully saturated rings. The van der Waals surface area contributed by atoms with Gasteiger partial charge < -0.3 is 5.73 Å². The van der Waals surface area contributed by atoms with Gasteiger partial charge in [0.2, 0.25) is 10.0 Å².